The van der Waals surface area contributed by atoms with Crippen molar-refractivity contribution in [1.82, 2.24) is 9.80 Å². The van der Waals surface area contributed by atoms with Crippen LogP contribution in [0.15, 0.2) is 18.2 Å². The molecule has 0 aromatic heterocycles. The van der Waals surface area contributed by atoms with Crippen LogP contribution in [-0.4, -0.2) is 66.6 Å². The third kappa shape index (κ3) is 4.13. The second-order valence-corrected chi connectivity index (χ2v) is 6.48. The molecule has 2 unspecified atom stereocenters. The number of ketones is 1. The van der Waals surface area contributed by atoms with E-state index in [0.29, 0.717) is 13.1 Å². The van der Waals surface area contributed by atoms with Crippen molar-refractivity contribution in [2.24, 2.45) is 0 Å². The molecule has 1 aromatic carbocycles. The monoisotopic (exact) mass is 290 g/mol. The number of carbonyl (C=O) groups excluding carboxylic acids is 1. The number of Topliss-reactive ketones (excluding diaryl/α,β-unsaturated/α-hetero) is 1. The lowest BCUT2D eigenvalue weighted by Crippen LogP contribution is -2.40. The fraction of sp³-hybridized carbons (Fsp3) is 0.588. The Hall–Kier alpha value is -1.23. The van der Waals surface area contributed by atoms with E-state index in [-0.39, 0.29) is 17.9 Å². The molecule has 1 aromatic rings. The summed E-state index contributed by atoms with van der Waals surface area (Å²) in [6.45, 7) is 5.83. The average Bonchev–Trinajstić information content (AvgIpc) is 2.71. The van der Waals surface area contributed by atoms with Crippen molar-refractivity contribution in [3.05, 3.63) is 34.9 Å². The molecular weight excluding hydrogens is 264 g/mol. The van der Waals surface area contributed by atoms with Gasteiger partial charge in [0.25, 0.3) is 0 Å². The van der Waals surface area contributed by atoms with E-state index in [9.17, 15) is 9.90 Å². The van der Waals surface area contributed by atoms with Crippen LogP contribution in [0.2, 0.25) is 0 Å². The molecule has 0 spiro atoms. The number of hydrogen-bond donors (Lipinski definition) is 1. The number of likely N-dealkylation sites (tertiary alicyclic amines) is 1. The molecule has 1 heterocycles. The van der Waals surface area contributed by atoms with Gasteiger partial charge < -0.3 is 10.0 Å². The smallest absolute Gasteiger partial charge is 0.177 e. The lowest BCUT2D eigenvalue weighted by molar-refractivity contribution is 0.0901. The molecule has 0 saturated carbocycles. The number of aryl methyl sites for hydroxylation is 2. The molecule has 1 fully saturated rings. The number of rotatable bonds is 5. The molecule has 0 aliphatic carbocycles. The summed E-state index contributed by atoms with van der Waals surface area (Å²) in [7, 11) is 4.05. The minimum Gasteiger partial charge on any atom is -0.392 e. The quantitative estimate of drug-likeness (QED) is 0.834. The summed E-state index contributed by atoms with van der Waals surface area (Å²) in [5.41, 5.74) is 2.93. The number of β-amino-alcohol motifs (C(OH)–C–C–N with tert-alkyl or cyclic N) is 1. The van der Waals surface area contributed by atoms with Gasteiger partial charge in [-0.3, -0.25) is 9.69 Å². The van der Waals surface area contributed by atoms with E-state index in [1.54, 1.807) is 0 Å². The molecule has 116 valence electrons. The first-order valence-electron chi connectivity index (χ1n) is 7.54. The third-order valence-electron chi connectivity index (χ3n) is 4.12. The number of aliphatic hydroxyl groups is 1. The molecule has 0 radical (unpaired) electrons. The largest absolute Gasteiger partial charge is 0.392 e. The Bertz CT molecular complexity index is 514. The zero-order chi connectivity index (χ0) is 15.6. The summed E-state index contributed by atoms with van der Waals surface area (Å²) in [6.07, 6.45) is 0.430. The normalized spacial score (nSPS) is 23.0. The summed E-state index contributed by atoms with van der Waals surface area (Å²) in [5.74, 6) is 0.147. The van der Waals surface area contributed by atoms with Gasteiger partial charge >= 0.3 is 0 Å². The van der Waals surface area contributed by atoms with Crippen molar-refractivity contribution in [2.75, 3.05) is 33.7 Å². The minimum atomic E-state index is -0.318. The van der Waals surface area contributed by atoms with Crippen molar-refractivity contribution in [3.63, 3.8) is 0 Å². The number of aliphatic hydroxyl groups excluding tert-OH is 1. The molecule has 1 aliphatic heterocycles. The first-order chi connectivity index (χ1) is 9.86. The van der Waals surface area contributed by atoms with Crippen molar-refractivity contribution in [1.29, 1.82) is 0 Å². The number of carbonyl (C=O) groups is 1. The second kappa shape index (κ2) is 6.69. The van der Waals surface area contributed by atoms with Crippen molar-refractivity contribution >= 4 is 5.78 Å². The SMILES string of the molecule is Cc1ccc(C)c(C(=O)CN2CC(O)CC2CN(C)C)c1. The van der Waals surface area contributed by atoms with Gasteiger partial charge in [-0.05, 0) is 46.0 Å². The van der Waals surface area contributed by atoms with Gasteiger partial charge in [-0.25, -0.2) is 0 Å². The Kier molecular flexibility index (Phi) is 5.14. The molecule has 4 heteroatoms. The molecular formula is C17H26N2O2. The van der Waals surface area contributed by atoms with Crippen LogP contribution in [0.25, 0.3) is 0 Å². The van der Waals surface area contributed by atoms with Crippen molar-refractivity contribution in [2.45, 2.75) is 32.4 Å². The van der Waals surface area contributed by atoms with E-state index >= 15 is 0 Å². The highest BCUT2D eigenvalue weighted by molar-refractivity contribution is 5.99. The van der Waals surface area contributed by atoms with Gasteiger partial charge in [-0.2, -0.15) is 0 Å². The number of benzene rings is 1. The lowest BCUT2D eigenvalue weighted by atomic mass is 10.0. The van der Waals surface area contributed by atoms with Crippen LogP contribution in [-0.2, 0) is 0 Å². The Morgan fingerprint density at radius 1 is 1.38 bits per heavy atom. The standard InChI is InChI=1S/C17H26N2O2/c1-12-5-6-13(2)16(7-12)17(21)11-19-10-15(20)8-14(19)9-18(3)4/h5-7,14-15,20H,8-11H2,1-4H3. The molecule has 2 atom stereocenters. The molecule has 0 amide bonds. The molecule has 1 aliphatic rings. The lowest BCUT2D eigenvalue weighted by Gasteiger charge is -2.26. The molecule has 0 bridgehead atoms. The summed E-state index contributed by atoms with van der Waals surface area (Å²) in [5, 5.41) is 9.89. The van der Waals surface area contributed by atoms with Crippen LogP contribution >= 0.6 is 0 Å². The highest BCUT2D eigenvalue weighted by Crippen LogP contribution is 2.20. The Balaban J connectivity index is 2.09. The molecule has 4 nitrogen and oxygen atoms in total. The van der Waals surface area contributed by atoms with Crippen molar-refractivity contribution in [3.8, 4) is 0 Å². The fourth-order valence-electron chi connectivity index (χ4n) is 3.07. The van der Waals surface area contributed by atoms with Gasteiger partial charge in [0.2, 0.25) is 0 Å². The summed E-state index contributed by atoms with van der Waals surface area (Å²) in [6, 6.07) is 6.24. The summed E-state index contributed by atoms with van der Waals surface area (Å²) in [4.78, 5) is 16.8. The van der Waals surface area contributed by atoms with Crippen LogP contribution in [0.5, 0.6) is 0 Å². The van der Waals surface area contributed by atoms with E-state index < -0.39 is 0 Å². The van der Waals surface area contributed by atoms with Gasteiger partial charge in [-0.15, -0.1) is 0 Å². The highest BCUT2D eigenvalue weighted by Gasteiger charge is 2.32. The highest BCUT2D eigenvalue weighted by atomic mass is 16.3. The van der Waals surface area contributed by atoms with E-state index in [1.807, 2.05) is 46.1 Å². The summed E-state index contributed by atoms with van der Waals surface area (Å²) < 4.78 is 0. The Labute approximate surface area is 127 Å². The Morgan fingerprint density at radius 2 is 2.10 bits per heavy atom. The molecule has 2 rings (SSSR count). The molecule has 21 heavy (non-hydrogen) atoms. The van der Waals surface area contributed by atoms with Crippen LogP contribution in [0.4, 0.5) is 0 Å². The van der Waals surface area contributed by atoms with Gasteiger partial charge in [-0.1, -0.05) is 17.7 Å². The van der Waals surface area contributed by atoms with Gasteiger partial charge in [0, 0.05) is 24.7 Å². The maximum atomic E-state index is 12.6. The van der Waals surface area contributed by atoms with E-state index in [0.717, 1.165) is 29.7 Å². The topological polar surface area (TPSA) is 43.8 Å². The van der Waals surface area contributed by atoms with Gasteiger partial charge in [0.15, 0.2) is 5.78 Å². The van der Waals surface area contributed by atoms with Crippen LogP contribution in [0, 0.1) is 13.8 Å². The first-order valence-corrected chi connectivity index (χ1v) is 7.54. The van der Waals surface area contributed by atoms with Crippen LogP contribution < -0.4 is 0 Å². The Morgan fingerprint density at radius 3 is 2.76 bits per heavy atom. The summed E-state index contributed by atoms with van der Waals surface area (Å²) >= 11 is 0. The molecule has 1 saturated heterocycles. The second-order valence-electron chi connectivity index (χ2n) is 6.48. The first kappa shape index (κ1) is 16.1. The van der Waals surface area contributed by atoms with Crippen molar-refractivity contribution < 1.29 is 9.90 Å². The third-order valence-corrected chi connectivity index (χ3v) is 4.12. The number of nitrogens with zero attached hydrogens (tertiary/aromatic N) is 2. The predicted octanol–water partition coefficient (Wildman–Crippen LogP) is 1.48. The fourth-order valence-corrected chi connectivity index (χ4v) is 3.07. The zero-order valence-electron chi connectivity index (χ0n) is 13.5. The van der Waals surface area contributed by atoms with E-state index in [2.05, 4.69) is 9.80 Å². The van der Waals surface area contributed by atoms with Gasteiger partial charge in [0.05, 0.1) is 12.6 Å². The average molecular weight is 290 g/mol. The van der Waals surface area contributed by atoms with Crippen LogP contribution in [0.1, 0.15) is 27.9 Å². The predicted molar refractivity (Wildman–Crippen MR) is 84.8 cm³/mol. The van der Waals surface area contributed by atoms with Crippen LogP contribution in [0.3, 0.4) is 0 Å². The van der Waals surface area contributed by atoms with Gasteiger partial charge in [0.1, 0.15) is 0 Å². The maximum Gasteiger partial charge on any atom is 0.177 e. The number of likely N-dealkylation sites (N-methyl/N-ethyl adjacent to an activating group) is 1. The van der Waals surface area contributed by atoms with E-state index in [4.69, 9.17) is 0 Å². The van der Waals surface area contributed by atoms with E-state index in [1.165, 1.54) is 0 Å². The zero-order valence-corrected chi connectivity index (χ0v) is 13.5. The number of hydrogen-bond acceptors (Lipinski definition) is 4. The maximum absolute atomic E-state index is 12.6. The minimum absolute atomic E-state index is 0.147. The molecule has 1 N–H and O–H groups in total.